The molecule has 0 bridgehead atoms. The predicted molar refractivity (Wildman–Crippen MR) is 90.6 cm³/mol. The summed E-state index contributed by atoms with van der Waals surface area (Å²) in [7, 11) is 0. The molecule has 1 N–H and O–H groups in total. The van der Waals surface area contributed by atoms with Crippen molar-refractivity contribution in [2.24, 2.45) is 0 Å². The molecule has 1 saturated carbocycles. The minimum Gasteiger partial charge on any atom is -0.487 e. The third-order valence-corrected chi connectivity index (χ3v) is 5.35. The van der Waals surface area contributed by atoms with Crippen LogP contribution in [0.1, 0.15) is 49.5 Å². The monoisotopic (exact) mass is 311 g/mol. The second-order valence-corrected chi connectivity index (χ2v) is 6.91. The summed E-state index contributed by atoms with van der Waals surface area (Å²) in [4.78, 5) is 4.28. The van der Waals surface area contributed by atoms with Gasteiger partial charge in [-0.25, -0.2) is 4.98 Å². The molecule has 1 fully saturated rings. The maximum atomic E-state index is 6.31. The Morgan fingerprint density at radius 1 is 1.35 bits per heavy atom. The van der Waals surface area contributed by atoms with Crippen LogP contribution in [-0.2, 0) is 6.54 Å². The fourth-order valence-electron chi connectivity index (χ4n) is 3.84. The van der Waals surface area contributed by atoms with Gasteiger partial charge in [-0.05, 0) is 45.2 Å². The minimum atomic E-state index is 0.104. The number of hydrogen-bond acceptors (Lipinski definition) is 3. The lowest BCUT2D eigenvalue weighted by molar-refractivity contribution is -0.0368. The van der Waals surface area contributed by atoms with Crippen molar-refractivity contribution in [1.29, 1.82) is 0 Å². The third kappa shape index (κ3) is 2.88. The zero-order chi connectivity index (χ0) is 15.7. The zero-order valence-corrected chi connectivity index (χ0v) is 13.8. The Kier molecular flexibility index (Phi) is 3.85. The summed E-state index contributed by atoms with van der Waals surface area (Å²) >= 11 is 0. The maximum absolute atomic E-state index is 6.31. The second-order valence-electron chi connectivity index (χ2n) is 6.91. The third-order valence-electron chi connectivity index (χ3n) is 5.35. The van der Waals surface area contributed by atoms with Crippen molar-refractivity contribution in [2.75, 3.05) is 6.54 Å². The maximum Gasteiger partial charge on any atom is 0.124 e. The number of para-hydroxylation sites is 1. The van der Waals surface area contributed by atoms with Gasteiger partial charge in [-0.2, -0.15) is 0 Å². The van der Waals surface area contributed by atoms with Gasteiger partial charge in [-0.15, -0.1) is 0 Å². The van der Waals surface area contributed by atoms with Crippen LogP contribution in [0.5, 0.6) is 5.75 Å². The Labute approximate surface area is 137 Å². The molecule has 1 aliphatic carbocycles. The van der Waals surface area contributed by atoms with Crippen molar-refractivity contribution < 1.29 is 4.74 Å². The number of aromatic nitrogens is 2. The van der Waals surface area contributed by atoms with E-state index >= 15 is 0 Å². The highest BCUT2D eigenvalue weighted by Gasteiger charge is 2.45. The normalized spacial score (nSPS) is 21.5. The molecule has 0 radical (unpaired) electrons. The Balaban J connectivity index is 1.39. The van der Waals surface area contributed by atoms with Crippen molar-refractivity contribution >= 4 is 0 Å². The topological polar surface area (TPSA) is 39.1 Å². The van der Waals surface area contributed by atoms with E-state index in [1.165, 1.54) is 24.8 Å². The molecule has 4 heteroatoms. The summed E-state index contributed by atoms with van der Waals surface area (Å²) in [5.74, 6) is 2.18. The molecule has 122 valence electrons. The number of benzene rings is 1. The average Bonchev–Trinajstić information content (AvgIpc) is 2.95. The van der Waals surface area contributed by atoms with Crippen LogP contribution < -0.4 is 10.1 Å². The molecule has 2 aliphatic rings. The number of aryl methyl sites for hydroxylation is 2. The van der Waals surface area contributed by atoms with Gasteiger partial charge in [-0.3, -0.25) is 0 Å². The number of fused-ring (bicyclic) bond motifs is 1. The van der Waals surface area contributed by atoms with Crippen LogP contribution in [-0.4, -0.2) is 21.7 Å². The molecule has 4 nitrogen and oxygen atoms in total. The van der Waals surface area contributed by atoms with Crippen molar-refractivity contribution in [3.63, 3.8) is 0 Å². The summed E-state index contributed by atoms with van der Waals surface area (Å²) in [6, 6.07) is 8.94. The lowest BCUT2D eigenvalue weighted by Gasteiger charge is -2.48. The molecular weight excluding hydrogens is 286 g/mol. The Bertz CT molecular complexity index is 675. The van der Waals surface area contributed by atoms with Crippen LogP contribution in [0.3, 0.4) is 0 Å². The Morgan fingerprint density at radius 2 is 2.22 bits per heavy atom. The van der Waals surface area contributed by atoms with Gasteiger partial charge in [0.1, 0.15) is 17.2 Å². The van der Waals surface area contributed by atoms with E-state index in [-0.39, 0.29) is 5.60 Å². The van der Waals surface area contributed by atoms with Gasteiger partial charge in [0.05, 0.1) is 0 Å². The van der Waals surface area contributed by atoms with Gasteiger partial charge in [0.15, 0.2) is 0 Å². The van der Waals surface area contributed by atoms with E-state index in [0.29, 0.717) is 6.04 Å². The van der Waals surface area contributed by atoms with Crippen molar-refractivity contribution in [2.45, 2.75) is 57.2 Å². The number of nitrogens with zero attached hydrogens (tertiary/aromatic N) is 2. The van der Waals surface area contributed by atoms with Crippen LogP contribution in [0.15, 0.2) is 36.7 Å². The summed E-state index contributed by atoms with van der Waals surface area (Å²) in [5, 5.41) is 3.77. The standard InChI is InChI=1S/C19H25N3O/c1-15-20-11-13-22(15)12-5-10-21-17-14-19(8-4-9-19)23-18-7-3-2-6-16(17)18/h2-3,6-7,11,13,17,21H,4-5,8-10,12,14H2,1H3/t17-/m0/s1. The average molecular weight is 311 g/mol. The van der Waals surface area contributed by atoms with Gasteiger partial charge < -0.3 is 14.6 Å². The SMILES string of the molecule is Cc1nccn1CCCN[C@H]1CC2(CCC2)Oc2ccccc21. The number of rotatable bonds is 5. The first-order chi connectivity index (χ1) is 11.3. The highest BCUT2D eigenvalue weighted by molar-refractivity contribution is 5.39. The quantitative estimate of drug-likeness (QED) is 0.857. The first kappa shape index (κ1) is 14.8. The van der Waals surface area contributed by atoms with E-state index in [9.17, 15) is 0 Å². The smallest absolute Gasteiger partial charge is 0.124 e. The molecule has 2 aromatic rings. The van der Waals surface area contributed by atoms with Crippen molar-refractivity contribution in [3.05, 3.63) is 48.0 Å². The van der Waals surface area contributed by atoms with E-state index in [4.69, 9.17) is 4.74 Å². The van der Waals surface area contributed by atoms with Gasteiger partial charge >= 0.3 is 0 Å². The number of ether oxygens (including phenoxy) is 1. The van der Waals surface area contributed by atoms with Gasteiger partial charge in [-0.1, -0.05) is 18.2 Å². The molecule has 1 spiro atoms. The van der Waals surface area contributed by atoms with E-state index < -0.39 is 0 Å². The van der Waals surface area contributed by atoms with Crippen LogP contribution in [0.4, 0.5) is 0 Å². The molecule has 0 amide bonds. The summed E-state index contributed by atoms with van der Waals surface area (Å²) in [6.45, 7) is 4.10. The molecule has 1 atom stereocenters. The molecule has 0 saturated heterocycles. The number of hydrogen-bond donors (Lipinski definition) is 1. The fraction of sp³-hybridized carbons (Fsp3) is 0.526. The van der Waals surface area contributed by atoms with E-state index in [1.54, 1.807) is 0 Å². The molecule has 1 aromatic carbocycles. The molecule has 23 heavy (non-hydrogen) atoms. The van der Waals surface area contributed by atoms with Gasteiger partial charge in [0.25, 0.3) is 0 Å². The lowest BCUT2D eigenvalue weighted by Crippen LogP contribution is -2.49. The molecular formula is C19H25N3O. The lowest BCUT2D eigenvalue weighted by atomic mass is 9.73. The van der Waals surface area contributed by atoms with Crippen LogP contribution >= 0.6 is 0 Å². The molecule has 1 aliphatic heterocycles. The highest BCUT2D eigenvalue weighted by Crippen LogP contribution is 2.48. The van der Waals surface area contributed by atoms with E-state index in [2.05, 4.69) is 52.3 Å². The van der Waals surface area contributed by atoms with E-state index in [1.807, 2.05) is 6.20 Å². The number of nitrogens with one attached hydrogen (secondary N) is 1. The zero-order valence-electron chi connectivity index (χ0n) is 13.8. The molecule has 4 rings (SSSR count). The van der Waals surface area contributed by atoms with Gasteiger partial charge in [0, 0.05) is 37.0 Å². The van der Waals surface area contributed by atoms with Crippen molar-refractivity contribution in [3.8, 4) is 5.75 Å². The first-order valence-electron chi connectivity index (χ1n) is 8.75. The summed E-state index contributed by atoms with van der Waals surface area (Å²) in [5.41, 5.74) is 1.43. The van der Waals surface area contributed by atoms with Gasteiger partial charge in [0.2, 0.25) is 0 Å². The second kappa shape index (κ2) is 6.00. The largest absolute Gasteiger partial charge is 0.487 e. The minimum absolute atomic E-state index is 0.104. The van der Waals surface area contributed by atoms with Crippen molar-refractivity contribution in [1.82, 2.24) is 14.9 Å². The Morgan fingerprint density at radius 3 is 2.96 bits per heavy atom. The van der Waals surface area contributed by atoms with E-state index in [0.717, 1.165) is 37.5 Å². The summed E-state index contributed by atoms with van der Waals surface area (Å²) < 4.78 is 8.53. The predicted octanol–water partition coefficient (Wildman–Crippen LogP) is 3.62. The highest BCUT2D eigenvalue weighted by atomic mass is 16.5. The summed E-state index contributed by atoms with van der Waals surface area (Å²) in [6.07, 6.45) is 9.86. The van der Waals surface area contributed by atoms with Crippen LogP contribution in [0, 0.1) is 6.92 Å². The molecule has 0 unspecified atom stereocenters. The molecule has 2 heterocycles. The first-order valence-corrected chi connectivity index (χ1v) is 8.75. The number of imidazole rings is 1. The van der Waals surface area contributed by atoms with Crippen LogP contribution in [0.2, 0.25) is 0 Å². The molecule has 1 aromatic heterocycles. The van der Waals surface area contributed by atoms with Crippen LogP contribution in [0.25, 0.3) is 0 Å². The fourth-order valence-corrected chi connectivity index (χ4v) is 3.84. The Hall–Kier alpha value is -1.81.